The van der Waals surface area contributed by atoms with Crippen molar-refractivity contribution in [3.63, 3.8) is 0 Å². The molecule has 1 aromatic rings. The number of hydrogen-bond acceptors (Lipinski definition) is 3. The van der Waals surface area contributed by atoms with Crippen LogP contribution < -0.4 is 5.32 Å². The second-order valence-electron chi connectivity index (χ2n) is 5.32. The lowest BCUT2D eigenvalue weighted by Gasteiger charge is -2.36. The van der Waals surface area contributed by atoms with Crippen LogP contribution in [0.25, 0.3) is 0 Å². The van der Waals surface area contributed by atoms with Gasteiger partial charge in [0.1, 0.15) is 11.9 Å². The third kappa shape index (κ3) is 2.84. The fraction of sp³-hybridized carbons (Fsp3) is 0.571. The molecule has 2 N–H and O–H groups in total. The van der Waals surface area contributed by atoms with Gasteiger partial charge in [-0.3, -0.25) is 0 Å². The highest BCUT2D eigenvalue weighted by molar-refractivity contribution is 9.10. The number of benzene rings is 1. The summed E-state index contributed by atoms with van der Waals surface area (Å²) in [5.41, 5.74) is -1.00. The van der Waals surface area contributed by atoms with Crippen molar-refractivity contribution >= 4 is 15.9 Å². The van der Waals surface area contributed by atoms with Crippen LogP contribution >= 0.6 is 15.9 Å². The molecule has 0 radical (unpaired) electrons. The number of alkyl halides is 2. The van der Waals surface area contributed by atoms with E-state index in [1.807, 2.05) is 0 Å². The number of ether oxygens (including phenoxy) is 1. The van der Waals surface area contributed by atoms with Gasteiger partial charge in [0.15, 0.2) is 0 Å². The molecular formula is C14H17BrF3NO2. The predicted octanol–water partition coefficient (Wildman–Crippen LogP) is 2.67. The zero-order valence-corrected chi connectivity index (χ0v) is 13.3. The Labute approximate surface area is 129 Å². The molecule has 1 aliphatic rings. The number of likely N-dealkylation sites (N-methyl/N-ethyl adjacent to an activating group) is 1. The van der Waals surface area contributed by atoms with Crippen LogP contribution in [0.3, 0.4) is 0 Å². The van der Waals surface area contributed by atoms with E-state index in [2.05, 4.69) is 21.2 Å². The third-order valence-corrected chi connectivity index (χ3v) is 4.53. The molecule has 3 nitrogen and oxygen atoms in total. The fourth-order valence-electron chi connectivity index (χ4n) is 2.96. The van der Waals surface area contributed by atoms with Gasteiger partial charge in [-0.25, -0.2) is 13.2 Å². The predicted molar refractivity (Wildman–Crippen MR) is 75.8 cm³/mol. The van der Waals surface area contributed by atoms with Crippen LogP contribution in [0.5, 0.6) is 0 Å². The minimum absolute atomic E-state index is 0.143. The fourth-order valence-corrected chi connectivity index (χ4v) is 3.32. The van der Waals surface area contributed by atoms with Gasteiger partial charge < -0.3 is 15.2 Å². The highest BCUT2D eigenvalue weighted by Gasteiger charge is 2.57. The number of aliphatic hydroxyl groups is 1. The lowest BCUT2D eigenvalue weighted by atomic mass is 9.77. The molecule has 0 spiro atoms. The Morgan fingerprint density at radius 1 is 1.52 bits per heavy atom. The van der Waals surface area contributed by atoms with Gasteiger partial charge in [-0.05, 0) is 25.2 Å². The van der Waals surface area contributed by atoms with E-state index in [1.54, 1.807) is 7.05 Å². The first-order valence-electron chi connectivity index (χ1n) is 6.51. The highest BCUT2D eigenvalue weighted by atomic mass is 79.9. The van der Waals surface area contributed by atoms with Crippen molar-refractivity contribution < 1.29 is 23.0 Å². The Hall–Kier alpha value is -0.630. The molecule has 0 aromatic heterocycles. The molecule has 1 fully saturated rings. The van der Waals surface area contributed by atoms with Crippen molar-refractivity contribution in [2.45, 2.75) is 24.5 Å². The van der Waals surface area contributed by atoms with E-state index in [4.69, 9.17) is 4.74 Å². The van der Waals surface area contributed by atoms with Crippen LogP contribution in [0.4, 0.5) is 13.2 Å². The van der Waals surface area contributed by atoms with Gasteiger partial charge in [0.2, 0.25) is 0 Å². The Morgan fingerprint density at radius 3 is 2.71 bits per heavy atom. The zero-order valence-electron chi connectivity index (χ0n) is 11.7. The first kappa shape index (κ1) is 16.7. The summed E-state index contributed by atoms with van der Waals surface area (Å²) in [6, 6.07) is 4.30. The summed E-state index contributed by atoms with van der Waals surface area (Å²) in [6.45, 7) is 0.0560. The summed E-state index contributed by atoms with van der Waals surface area (Å²) in [6.07, 6.45) is -1.48. The molecule has 1 heterocycles. The summed E-state index contributed by atoms with van der Waals surface area (Å²) in [5, 5.41) is 12.5. The van der Waals surface area contributed by atoms with Gasteiger partial charge >= 0.3 is 0 Å². The SMILES string of the molecule is CN[C@@]1(c2cc(Br)ccc2F)COC(C(C)(F)F)[C@H]1CO. The molecule has 3 atom stereocenters. The van der Waals surface area contributed by atoms with Crippen molar-refractivity contribution in [1.29, 1.82) is 0 Å². The number of nitrogens with one attached hydrogen (secondary N) is 1. The number of halogens is 4. The van der Waals surface area contributed by atoms with Crippen molar-refractivity contribution in [1.82, 2.24) is 5.32 Å². The smallest absolute Gasteiger partial charge is 0.271 e. The number of aliphatic hydroxyl groups excluding tert-OH is 1. The second kappa shape index (κ2) is 5.87. The van der Waals surface area contributed by atoms with Crippen LogP contribution in [0.2, 0.25) is 0 Å². The summed E-state index contributed by atoms with van der Waals surface area (Å²) < 4.78 is 47.4. The Balaban J connectivity index is 2.53. The molecule has 1 saturated heterocycles. The van der Waals surface area contributed by atoms with E-state index in [0.29, 0.717) is 4.47 Å². The first-order chi connectivity index (χ1) is 9.76. The van der Waals surface area contributed by atoms with Crippen LogP contribution in [-0.4, -0.2) is 37.4 Å². The van der Waals surface area contributed by atoms with E-state index in [-0.39, 0.29) is 12.2 Å². The third-order valence-electron chi connectivity index (χ3n) is 4.04. The lowest BCUT2D eigenvalue weighted by Crippen LogP contribution is -2.52. The van der Waals surface area contributed by atoms with Gasteiger partial charge in [-0.1, -0.05) is 15.9 Å². The monoisotopic (exact) mass is 367 g/mol. The van der Waals surface area contributed by atoms with Gasteiger partial charge in [-0.15, -0.1) is 0 Å². The maximum atomic E-state index is 14.2. The zero-order chi connectivity index (χ0) is 15.8. The number of rotatable bonds is 4. The molecule has 1 aromatic carbocycles. The number of hydrogen-bond donors (Lipinski definition) is 2. The molecule has 2 rings (SSSR count). The molecule has 0 aliphatic carbocycles. The maximum absolute atomic E-state index is 14.2. The van der Waals surface area contributed by atoms with Crippen LogP contribution in [0, 0.1) is 11.7 Å². The van der Waals surface area contributed by atoms with Crippen LogP contribution in [0.1, 0.15) is 12.5 Å². The summed E-state index contributed by atoms with van der Waals surface area (Å²) in [4.78, 5) is 0. The average Bonchev–Trinajstić information content (AvgIpc) is 2.81. The van der Waals surface area contributed by atoms with E-state index < -0.39 is 35.9 Å². The standard InChI is InChI=1S/C14H17BrF3NO2/c1-13(17,18)12-10(6-20)14(19-2,7-21-12)9-5-8(15)3-4-11(9)16/h3-5,10,12,19-20H,6-7H2,1-2H3/t10-,12?,14-/m1/s1. The molecule has 118 valence electrons. The second-order valence-corrected chi connectivity index (χ2v) is 6.24. The van der Waals surface area contributed by atoms with Crippen molar-refractivity contribution in [3.8, 4) is 0 Å². The van der Waals surface area contributed by atoms with Crippen LogP contribution in [-0.2, 0) is 10.3 Å². The van der Waals surface area contributed by atoms with E-state index >= 15 is 0 Å². The molecule has 21 heavy (non-hydrogen) atoms. The average molecular weight is 368 g/mol. The van der Waals surface area contributed by atoms with Gasteiger partial charge in [-0.2, -0.15) is 0 Å². The molecule has 1 aliphatic heterocycles. The van der Waals surface area contributed by atoms with Gasteiger partial charge in [0.05, 0.1) is 18.8 Å². The minimum atomic E-state index is -3.13. The first-order valence-corrected chi connectivity index (χ1v) is 7.30. The Morgan fingerprint density at radius 2 is 2.19 bits per heavy atom. The Kier molecular flexibility index (Phi) is 4.68. The largest absolute Gasteiger partial charge is 0.396 e. The molecule has 0 bridgehead atoms. The molecule has 7 heteroatoms. The Bertz CT molecular complexity index is 523. The van der Waals surface area contributed by atoms with Crippen LogP contribution in [0.15, 0.2) is 22.7 Å². The summed E-state index contributed by atoms with van der Waals surface area (Å²) in [5.74, 6) is -4.63. The van der Waals surface area contributed by atoms with E-state index in [0.717, 1.165) is 6.92 Å². The summed E-state index contributed by atoms with van der Waals surface area (Å²) in [7, 11) is 1.54. The van der Waals surface area contributed by atoms with E-state index in [1.165, 1.54) is 18.2 Å². The topological polar surface area (TPSA) is 41.5 Å². The van der Waals surface area contributed by atoms with Crippen molar-refractivity contribution in [3.05, 3.63) is 34.1 Å². The molecule has 0 amide bonds. The summed E-state index contributed by atoms with van der Waals surface area (Å²) >= 11 is 3.25. The van der Waals surface area contributed by atoms with E-state index in [9.17, 15) is 18.3 Å². The normalized spacial score (nSPS) is 29.9. The molecule has 0 saturated carbocycles. The quantitative estimate of drug-likeness (QED) is 0.859. The van der Waals surface area contributed by atoms with Crippen molar-refractivity contribution in [2.24, 2.45) is 5.92 Å². The lowest BCUT2D eigenvalue weighted by molar-refractivity contribution is -0.121. The van der Waals surface area contributed by atoms with Gasteiger partial charge in [0.25, 0.3) is 5.92 Å². The molecule has 1 unspecified atom stereocenters. The minimum Gasteiger partial charge on any atom is -0.396 e. The molecular weight excluding hydrogens is 351 g/mol. The highest BCUT2D eigenvalue weighted by Crippen LogP contribution is 2.45. The van der Waals surface area contributed by atoms with Crippen molar-refractivity contribution in [2.75, 3.05) is 20.3 Å². The van der Waals surface area contributed by atoms with Gasteiger partial charge in [0, 0.05) is 22.9 Å². The maximum Gasteiger partial charge on any atom is 0.271 e.